The van der Waals surface area contributed by atoms with Gasteiger partial charge in [0.15, 0.2) is 0 Å². The summed E-state index contributed by atoms with van der Waals surface area (Å²) in [6.07, 6.45) is 0.192. The van der Waals surface area contributed by atoms with Crippen LogP contribution >= 0.6 is 0 Å². The van der Waals surface area contributed by atoms with Crippen molar-refractivity contribution >= 4 is 11.4 Å². The van der Waals surface area contributed by atoms with Crippen LogP contribution in [0.15, 0.2) is 24.3 Å². The van der Waals surface area contributed by atoms with Gasteiger partial charge in [-0.1, -0.05) is 12.1 Å². The van der Waals surface area contributed by atoms with Gasteiger partial charge in [0.1, 0.15) is 5.69 Å². The second-order valence-electron chi connectivity index (χ2n) is 4.41. The largest absolute Gasteiger partial charge is 0.372 e. The van der Waals surface area contributed by atoms with Gasteiger partial charge < -0.3 is 9.64 Å². The standard InChI is InChI=1S/C12H16N2O3/c1-9-7-13(8-10(2)17-9)11-5-3-4-6-12(11)14(15)16/h3-6,9-10H,7-8H2,1-2H3/t9-,10-/m0/s1. The van der Waals surface area contributed by atoms with Crippen molar-refractivity contribution in [1.82, 2.24) is 0 Å². The summed E-state index contributed by atoms with van der Waals surface area (Å²) in [6.45, 7) is 5.35. The number of nitro benzene ring substituents is 1. The molecule has 0 amide bonds. The van der Waals surface area contributed by atoms with Crippen LogP contribution in [0.4, 0.5) is 11.4 Å². The van der Waals surface area contributed by atoms with Crippen LogP contribution < -0.4 is 4.90 Å². The first-order valence-corrected chi connectivity index (χ1v) is 5.71. The van der Waals surface area contributed by atoms with Crippen LogP contribution in [-0.2, 0) is 4.74 Å². The average Bonchev–Trinajstić information content (AvgIpc) is 2.27. The van der Waals surface area contributed by atoms with Gasteiger partial charge in [-0.25, -0.2) is 0 Å². The molecule has 0 spiro atoms. The highest BCUT2D eigenvalue weighted by atomic mass is 16.6. The molecule has 17 heavy (non-hydrogen) atoms. The fourth-order valence-electron chi connectivity index (χ4n) is 2.26. The predicted molar refractivity (Wildman–Crippen MR) is 65.3 cm³/mol. The van der Waals surface area contributed by atoms with E-state index < -0.39 is 0 Å². The number of para-hydroxylation sites is 2. The molecule has 1 aliphatic heterocycles. The molecule has 0 aromatic heterocycles. The van der Waals surface area contributed by atoms with Gasteiger partial charge in [0.05, 0.1) is 17.1 Å². The Bertz CT molecular complexity index is 412. The normalized spacial score (nSPS) is 24.7. The van der Waals surface area contributed by atoms with Crippen LogP contribution in [0, 0.1) is 10.1 Å². The molecule has 1 aromatic rings. The maximum atomic E-state index is 11.0. The van der Waals surface area contributed by atoms with Gasteiger partial charge in [-0.3, -0.25) is 10.1 Å². The van der Waals surface area contributed by atoms with E-state index in [4.69, 9.17) is 4.74 Å². The van der Waals surface area contributed by atoms with Gasteiger partial charge in [0, 0.05) is 19.2 Å². The number of benzene rings is 1. The van der Waals surface area contributed by atoms with Crippen molar-refractivity contribution in [2.75, 3.05) is 18.0 Å². The highest BCUT2D eigenvalue weighted by Crippen LogP contribution is 2.29. The second-order valence-corrected chi connectivity index (χ2v) is 4.41. The van der Waals surface area contributed by atoms with Gasteiger partial charge in [-0.2, -0.15) is 0 Å². The van der Waals surface area contributed by atoms with Gasteiger partial charge in [0.25, 0.3) is 5.69 Å². The molecule has 0 radical (unpaired) electrons. The summed E-state index contributed by atoms with van der Waals surface area (Å²) in [5.41, 5.74) is 0.841. The summed E-state index contributed by atoms with van der Waals surface area (Å²) in [7, 11) is 0. The van der Waals surface area contributed by atoms with E-state index in [1.165, 1.54) is 0 Å². The zero-order valence-corrected chi connectivity index (χ0v) is 10.00. The lowest BCUT2D eigenvalue weighted by atomic mass is 10.2. The maximum Gasteiger partial charge on any atom is 0.292 e. The number of hydrogen-bond donors (Lipinski definition) is 0. The van der Waals surface area contributed by atoms with Crippen LogP contribution in [0.2, 0.25) is 0 Å². The van der Waals surface area contributed by atoms with E-state index in [1.54, 1.807) is 18.2 Å². The molecule has 5 nitrogen and oxygen atoms in total. The zero-order valence-electron chi connectivity index (χ0n) is 10.00. The van der Waals surface area contributed by atoms with Gasteiger partial charge >= 0.3 is 0 Å². The number of rotatable bonds is 2. The van der Waals surface area contributed by atoms with Crippen molar-refractivity contribution in [3.05, 3.63) is 34.4 Å². The van der Waals surface area contributed by atoms with Crippen molar-refractivity contribution < 1.29 is 9.66 Å². The molecule has 2 atom stereocenters. The first-order chi connectivity index (χ1) is 8.08. The van der Waals surface area contributed by atoms with Gasteiger partial charge in [-0.15, -0.1) is 0 Å². The Kier molecular flexibility index (Phi) is 3.28. The molecule has 0 saturated carbocycles. The molecular formula is C12H16N2O3. The molecule has 0 N–H and O–H groups in total. The summed E-state index contributed by atoms with van der Waals surface area (Å²) in [5, 5.41) is 11.0. The molecule has 1 aliphatic rings. The molecule has 0 aliphatic carbocycles. The van der Waals surface area contributed by atoms with Crippen molar-refractivity contribution in [2.45, 2.75) is 26.1 Å². The highest BCUT2D eigenvalue weighted by Gasteiger charge is 2.26. The topological polar surface area (TPSA) is 55.6 Å². The Morgan fingerprint density at radius 2 is 1.88 bits per heavy atom. The Morgan fingerprint density at radius 3 is 2.47 bits per heavy atom. The first-order valence-electron chi connectivity index (χ1n) is 5.71. The Hall–Kier alpha value is -1.62. The smallest absolute Gasteiger partial charge is 0.292 e. The SMILES string of the molecule is C[C@H]1CN(c2ccccc2[N+](=O)[O-])C[C@H](C)O1. The summed E-state index contributed by atoms with van der Waals surface area (Å²) < 4.78 is 5.63. The molecular weight excluding hydrogens is 220 g/mol. The third-order valence-corrected chi connectivity index (χ3v) is 2.84. The number of nitrogens with zero attached hydrogens (tertiary/aromatic N) is 2. The van der Waals surface area contributed by atoms with E-state index in [1.807, 2.05) is 24.8 Å². The minimum Gasteiger partial charge on any atom is -0.372 e. The zero-order chi connectivity index (χ0) is 12.4. The Labute approximate surface area is 100 Å². The lowest BCUT2D eigenvalue weighted by molar-refractivity contribution is -0.384. The molecule has 2 rings (SSSR count). The summed E-state index contributed by atoms with van der Waals surface area (Å²) in [6, 6.07) is 6.85. The second kappa shape index (κ2) is 4.71. The fraction of sp³-hybridized carbons (Fsp3) is 0.500. The van der Waals surface area contributed by atoms with Crippen molar-refractivity contribution in [2.24, 2.45) is 0 Å². The Morgan fingerprint density at radius 1 is 1.29 bits per heavy atom. The molecule has 1 aromatic carbocycles. The van der Waals surface area contributed by atoms with Crippen LogP contribution in [0.5, 0.6) is 0 Å². The lowest BCUT2D eigenvalue weighted by Crippen LogP contribution is -2.45. The van der Waals surface area contributed by atoms with Crippen LogP contribution in [0.1, 0.15) is 13.8 Å². The van der Waals surface area contributed by atoms with Crippen LogP contribution in [0.25, 0.3) is 0 Å². The fourth-order valence-corrected chi connectivity index (χ4v) is 2.26. The van der Waals surface area contributed by atoms with E-state index in [0.717, 1.165) is 0 Å². The van der Waals surface area contributed by atoms with Crippen molar-refractivity contribution in [3.8, 4) is 0 Å². The number of anilines is 1. The van der Waals surface area contributed by atoms with Crippen LogP contribution in [0.3, 0.4) is 0 Å². The highest BCUT2D eigenvalue weighted by molar-refractivity contribution is 5.63. The van der Waals surface area contributed by atoms with E-state index in [0.29, 0.717) is 18.8 Å². The monoisotopic (exact) mass is 236 g/mol. The van der Waals surface area contributed by atoms with E-state index in [9.17, 15) is 10.1 Å². The number of ether oxygens (including phenoxy) is 1. The summed E-state index contributed by atoms with van der Waals surface area (Å²) >= 11 is 0. The van der Waals surface area contributed by atoms with Gasteiger partial charge in [-0.05, 0) is 19.9 Å². The van der Waals surface area contributed by atoms with Crippen LogP contribution in [-0.4, -0.2) is 30.2 Å². The van der Waals surface area contributed by atoms with E-state index in [-0.39, 0.29) is 22.8 Å². The third-order valence-electron chi connectivity index (χ3n) is 2.84. The summed E-state index contributed by atoms with van der Waals surface area (Å²) in [4.78, 5) is 12.7. The average molecular weight is 236 g/mol. The quantitative estimate of drug-likeness (QED) is 0.583. The number of hydrogen-bond acceptors (Lipinski definition) is 4. The molecule has 1 heterocycles. The van der Waals surface area contributed by atoms with Gasteiger partial charge in [0.2, 0.25) is 0 Å². The number of nitro groups is 1. The lowest BCUT2D eigenvalue weighted by Gasteiger charge is -2.36. The molecule has 0 unspecified atom stereocenters. The molecule has 5 heteroatoms. The molecule has 1 saturated heterocycles. The number of morpholine rings is 1. The Balaban J connectivity index is 2.30. The first kappa shape index (κ1) is 11.9. The predicted octanol–water partition coefficient (Wildman–Crippen LogP) is 2.21. The summed E-state index contributed by atoms with van der Waals surface area (Å²) in [5.74, 6) is 0. The molecule has 1 fully saturated rings. The van der Waals surface area contributed by atoms with Crippen molar-refractivity contribution in [3.63, 3.8) is 0 Å². The minimum absolute atomic E-state index is 0.0959. The van der Waals surface area contributed by atoms with E-state index >= 15 is 0 Å². The molecule has 0 bridgehead atoms. The molecule has 92 valence electrons. The minimum atomic E-state index is -0.333. The van der Waals surface area contributed by atoms with E-state index in [2.05, 4.69) is 0 Å². The van der Waals surface area contributed by atoms with Crippen molar-refractivity contribution in [1.29, 1.82) is 0 Å². The third kappa shape index (κ3) is 2.55. The maximum absolute atomic E-state index is 11.0.